The fourth-order valence-electron chi connectivity index (χ4n) is 7.64. The number of hydrogen-bond donors (Lipinski definition) is 0. The SMILES string of the molecule is COC(=O)C[C@@H](C1CC1)[C@H]1CCc2cc(CC(=O)OC(C)(C)C)ccc2O1.COC(=O)C[C@H](C1CC1)[C@H]1CCc2cc(CC(=O)OC(C)(C)C)ccc2O1. The van der Waals surface area contributed by atoms with Crippen LogP contribution in [-0.2, 0) is 63.8 Å². The number of aryl methyl sites for hydroxylation is 2. The van der Waals surface area contributed by atoms with Gasteiger partial charge in [-0.25, -0.2) is 0 Å². The first-order valence-electron chi connectivity index (χ1n) is 19.6. The van der Waals surface area contributed by atoms with Crippen LogP contribution >= 0.6 is 0 Å². The van der Waals surface area contributed by atoms with Crippen LogP contribution in [0.25, 0.3) is 0 Å². The van der Waals surface area contributed by atoms with Gasteiger partial charge in [-0.05, 0) is 139 Å². The van der Waals surface area contributed by atoms with Gasteiger partial charge in [0.05, 0.1) is 39.9 Å². The van der Waals surface area contributed by atoms with E-state index in [4.69, 9.17) is 28.4 Å². The van der Waals surface area contributed by atoms with Gasteiger partial charge in [-0.2, -0.15) is 0 Å². The van der Waals surface area contributed by atoms with Crippen LogP contribution in [0.5, 0.6) is 11.5 Å². The molecule has 0 amide bonds. The zero-order valence-corrected chi connectivity index (χ0v) is 33.5. The lowest BCUT2D eigenvalue weighted by Gasteiger charge is -2.32. The number of methoxy groups -OCH3 is 2. The molecule has 2 aromatic rings. The highest BCUT2D eigenvalue weighted by Gasteiger charge is 2.42. The molecule has 4 aliphatic rings. The minimum absolute atomic E-state index is 0.0563. The molecule has 0 aromatic heterocycles. The van der Waals surface area contributed by atoms with Crippen LogP contribution in [0.3, 0.4) is 0 Å². The zero-order chi connectivity index (χ0) is 39.2. The predicted octanol–water partition coefficient (Wildman–Crippen LogP) is 7.71. The van der Waals surface area contributed by atoms with Gasteiger partial charge in [0.2, 0.25) is 0 Å². The van der Waals surface area contributed by atoms with E-state index in [-0.39, 0.29) is 60.8 Å². The monoisotopic (exact) mass is 748 g/mol. The average molecular weight is 749 g/mol. The van der Waals surface area contributed by atoms with E-state index in [1.807, 2.05) is 77.9 Å². The van der Waals surface area contributed by atoms with Crippen molar-refractivity contribution in [2.24, 2.45) is 23.7 Å². The van der Waals surface area contributed by atoms with Crippen molar-refractivity contribution in [3.05, 3.63) is 58.7 Å². The lowest BCUT2D eigenvalue weighted by atomic mass is 9.87. The smallest absolute Gasteiger partial charge is 0.310 e. The predicted molar refractivity (Wildman–Crippen MR) is 203 cm³/mol. The Morgan fingerprint density at radius 1 is 0.593 bits per heavy atom. The Kier molecular flexibility index (Phi) is 13.4. The summed E-state index contributed by atoms with van der Waals surface area (Å²) < 4.78 is 33.1. The van der Waals surface area contributed by atoms with Crippen LogP contribution in [0.15, 0.2) is 36.4 Å². The second kappa shape index (κ2) is 17.6. The minimum atomic E-state index is -0.473. The largest absolute Gasteiger partial charge is 0.490 e. The van der Waals surface area contributed by atoms with Crippen molar-refractivity contribution >= 4 is 23.9 Å². The number of ether oxygens (including phenoxy) is 6. The number of rotatable bonds is 12. The second-order valence-corrected chi connectivity index (χ2v) is 17.4. The highest BCUT2D eigenvalue weighted by atomic mass is 16.6. The molecular weight excluding hydrogens is 688 g/mol. The van der Waals surface area contributed by atoms with Crippen molar-refractivity contribution in [3.8, 4) is 11.5 Å². The molecule has 2 fully saturated rings. The van der Waals surface area contributed by atoms with Crippen LogP contribution in [0, 0.1) is 23.7 Å². The first kappa shape index (κ1) is 41.1. The summed E-state index contributed by atoms with van der Waals surface area (Å²) in [4.78, 5) is 47.6. The maximum absolute atomic E-state index is 12.1. The molecule has 2 aromatic carbocycles. The van der Waals surface area contributed by atoms with Gasteiger partial charge in [-0.3, -0.25) is 19.2 Å². The van der Waals surface area contributed by atoms with Crippen molar-refractivity contribution in [3.63, 3.8) is 0 Å². The molecule has 6 rings (SSSR count). The molecule has 4 atom stereocenters. The van der Waals surface area contributed by atoms with Crippen LogP contribution in [-0.4, -0.2) is 61.5 Å². The lowest BCUT2D eigenvalue weighted by molar-refractivity contribution is -0.155. The molecule has 0 unspecified atom stereocenters. The first-order chi connectivity index (χ1) is 25.5. The van der Waals surface area contributed by atoms with Gasteiger partial charge in [0, 0.05) is 11.8 Å². The molecule has 0 bridgehead atoms. The summed E-state index contributed by atoms with van der Waals surface area (Å²) in [5.41, 5.74) is 3.19. The number of carbonyl (C=O) groups is 4. The summed E-state index contributed by atoms with van der Waals surface area (Å²) in [5.74, 6) is 2.59. The Balaban J connectivity index is 0.000000208. The molecule has 0 N–H and O–H groups in total. The highest BCUT2D eigenvalue weighted by molar-refractivity contribution is 5.74. The normalized spacial score (nSPS) is 20.2. The number of esters is 4. The third-order valence-corrected chi connectivity index (χ3v) is 10.4. The van der Waals surface area contributed by atoms with Gasteiger partial charge >= 0.3 is 23.9 Å². The lowest BCUT2D eigenvalue weighted by Crippen LogP contribution is -2.34. The Labute approximate surface area is 320 Å². The van der Waals surface area contributed by atoms with Crippen molar-refractivity contribution in [2.45, 2.75) is 142 Å². The fraction of sp³-hybridized carbons (Fsp3) is 0.636. The van der Waals surface area contributed by atoms with Gasteiger partial charge in [-0.15, -0.1) is 0 Å². The first-order valence-corrected chi connectivity index (χ1v) is 19.6. The van der Waals surface area contributed by atoms with Crippen LogP contribution in [0.4, 0.5) is 0 Å². The van der Waals surface area contributed by atoms with Gasteiger partial charge in [0.25, 0.3) is 0 Å². The summed E-state index contributed by atoms with van der Waals surface area (Å²) in [6.07, 6.45) is 9.75. The molecule has 2 aliphatic heterocycles. The fourth-order valence-corrected chi connectivity index (χ4v) is 7.64. The maximum atomic E-state index is 12.1. The standard InChI is InChI=1S/2C22H30O5/c2*1-22(2,3)27-21(24)12-14-5-9-18-16(11-14)8-10-19(26-18)17(15-6-7-15)13-20(23)25-4/h2*5,9,11,15,17,19H,6-8,10,12-13H2,1-4H3/t17-,19+;17-,19-/m01/s1. The molecule has 10 heteroatoms. The van der Waals surface area contributed by atoms with Crippen LogP contribution in [0.2, 0.25) is 0 Å². The number of benzene rings is 2. The summed E-state index contributed by atoms with van der Waals surface area (Å²) in [5, 5.41) is 0. The third-order valence-electron chi connectivity index (χ3n) is 10.4. The summed E-state index contributed by atoms with van der Waals surface area (Å²) >= 11 is 0. The molecule has 296 valence electrons. The van der Waals surface area contributed by atoms with Crippen molar-refractivity contribution in [2.75, 3.05) is 14.2 Å². The Morgan fingerprint density at radius 3 is 1.28 bits per heavy atom. The maximum Gasteiger partial charge on any atom is 0.310 e. The Hall–Kier alpha value is -4.08. The van der Waals surface area contributed by atoms with E-state index in [1.165, 1.54) is 39.9 Å². The summed E-state index contributed by atoms with van der Waals surface area (Å²) in [6.45, 7) is 11.2. The van der Waals surface area contributed by atoms with Crippen LogP contribution < -0.4 is 9.47 Å². The topological polar surface area (TPSA) is 124 Å². The van der Waals surface area contributed by atoms with Gasteiger partial charge in [-0.1, -0.05) is 24.3 Å². The molecule has 54 heavy (non-hydrogen) atoms. The van der Waals surface area contributed by atoms with Crippen molar-refractivity contribution in [1.29, 1.82) is 0 Å². The van der Waals surface area contributed by atoms with Gasteiger partial charge in [0.1, 0.15) is 34.9 Å². The molecule has 0 spiro atoms. The number of hydrogen-bond acceptors (Lipinski definition) is 10. The zero-order valence-electron chi connectivity index (χ0n) is 33.5. The second-order valence-electron chi connectivity index (χ2n) is 17.4. The van der Waals surface area contributed by atoms with E-state index in [2.05, 4.69) is 0 Å². The van der Waals surface area contributed by atoms with E-state index < -0.39 is 11.2 Å². The van der Waals surface area contributed by atoms with Crippen LogP contribution in [0.1, 0.15) is 115 Å². The highest BCUT2D eigenvalue weighted by Crippen LogP contribution is 2.45. The minimum Gasteiger partial charge on any atom is -0.490 e. The molecule has 2 aliphatic carbocycles. The van der Waals surface area contributed by atoms with Crippen molar-refractivity contribution in [1.82, 2.24) is 0 Å². The summed E-state index contributed by atoms with van der Waals surface area (Å²) in [6, 6.07) is 11.8. The molecule has 10 nitrogen and oxygen atoms in total. The molecule has 0 radical (unpaired) electrons. The van der Waals surface area contributed by atoms with Gasteiger partial charge < -0.3 is 28.4 Å². The van der Waals surface area contributed by atoms with Gasteiger partial charge in [0.15, 0.2) is 0 Å². The molecule has 2 heterocycles. The van der Waals surface area contributed by atoms with Crippen molar-refractivity contribution < 1.29 is 47.6 Å². The Morgan fingerprint density at radius 2 is 0.963 bits per heavy atom. The van der Waals surface area contributed by atoms with E-state index in [1.54, 1.807) is 0 Å². The van der Waals surface area contributed by atoms with E-state index >= 15 is 0 Å². The third kappa shape index (κ3) is 12.5. The number of carbonyl (C=O) groups excluding carboxylic acids is 4. The molecule has 2 saturated carbocycles. The Bertz CT molecular complexity index is 1520. The van der Waals surface area contributed by atoms with E-state index in [0.29, 0.717) is 24.7 Å². The average Bonchev–Trinajstić information content (AvgIpc) is 4.03. The van der Waals surface area contributed by atoms with E-state index in [0.717, 1.165) is 59.4 Å². The quantitative estimate of drug-likeness (QED) is 0.158. The van der Waals surface area contributed by atoms with E-state index in [9.17, 15) is 19.2 Å². The summed E-state index contributed by atoms with van der Waals surface area (Å²) in [7, 11) is 2.88. The molecular formula is C44H60O10. The number of fused-ring (bicyclic) bond motifs is 2. The molecule has 0 saturated heterocycles.